The van der Waals surface area contributed by atoms with Crippen molar-refractivity contribution in [3.8, 4) is 11.8 Å². The SMILES string of the molecule is COC1=CC(C)CC=C1c1cn2c(n1)CN(C(=O)CC1=CN=IN1Cc1ccc(C#N)c(OC)c1)c1cccc(F)c1C2. The second kappa shape index (κ2) is 12.1. The molecule has 1 aliphatic carbocycles. The summed E-state index contributed by atoms with van der Waals surface area (Å²) in [6, 6.07) is 12.5. The van der Waals surface area contributed by atoms with Crippen LogP contribution in [0.3, 0.4) is 0 Å². The fourth-order valence-corrected chi connectivity index (χ4v) is 7.36. The minimum absolute atomic E-state index is 0.111. The van der Waals surface area contributed by atoms with Gasteiger partial charge in [0.25, 0.3) is 0 Å². The molecule has 0 fully saturated rings. The third-order valence-electron chi connectivity index (χ3n) is 7.75. The number of allylic oxidation sites excluding steroid dienone is 3. The van der Waals surface area contributed by atoms with Crippen molar-refractivity contribution in [2.45, 2.75) is 39.4 Å². The summed E-state index contributed by atoms with van der Waals surface area (Å²) < 4.78 is 34.9. The number of fused-ring (bicyclic) bond motifs is 2. The molecule has 2 aliphatic heterocycles. The summed E-state index contributed by atoms with van der Waals surface area (Å²) in [7, 11) is 3.19. The van der Waals surface area contributed by atoms with Crippen molar-refractivity contribution in [1.29, 1.82) is 5.26 Å². The summed E-state index contributed by atoms with van der Waals surface area (Å²) >= 11 is -0.698. The summed E-state index contributed by atoms with van der Waals surface area (Å²) in [6.07, 6.45) is 8.89. The smallest absolute Gasteiger partial charge is 0.233 e. The van der Waals surface area contributed by atoms with E-state index in [1.54, 1.807) is 36.4 Å². The van der Waals surface area contributed by atoms with Gasteiger partial charge in [-0.3, -0.25) is 4.79 Å². The van der Waals surface area contributed by atoms with E-state index in [4.69, 9.17) is 14.5 Å². The van der Waals surface area contributed by atoms with Crippen LogP contribution in [0.4, 0.5) is 10.1 Å². The van der Waals surface area contributed by atoms with E-state index in [2.05, 4.69) is 31.4 Å². The van der Waals surface area contributed by atoms with E-state index in [-0.39, 0.29) is 31.2 Å². The first-order valence-corrected chi connectivity index (χ1v) is 15.8. The fourth-order valence-electron chi connectivity index (χ4n) is 5.49. The number of ether oxygens (including phenoxy) is 2. The average Bonchev–Trinajstić information content (AvgIpc) is 3.58. The quantitative estimate of drug-likeness (QED) is 0.206. The highest BCUT2D eigenvalue weighted by molar-refractivity contribution is 14.1. The predicted molar refractivity (Wildman–Crippen MR) is 168 cm³/mol. The van der Waals surface area contributed by atoms with Crippen molar-refractivity contribution in [2.24, 2.45) is 9.06 Å². The number of amides is 1. The molecule has 220 valence electrons. The third-order valence-corrected chi connectivity index (χ3v) is 9.76. The normalized spacial score (nSPS) is 17.5. The summed E-state index contributed by atoms with van der Waals surface area (Å²) in [4.78, 5) is 20.5. The summed E-state index contributed by atoms with van der Waals surface area (Å²) in [6.45, 7) is 3.15. The second-order valence-corrected chi connectivity index (χ2v) is 12.7. The Morgan fingerprint density at radius 2 is 2.07 bits per heavy atom. The van der Waals surface area contributed by atoms with Gasteiger partial charge in [-0.05, 0) is 48.2 Å². The number of benzene rings is 2. The van der Waals surface area contributed by atoms with E-state index in [0.29, 0.717) is 40.9 Å². The Labute approximate surface area is 260 Å². The number of hydrogen-bond acceptors (Lipinski definition) is 7. The maximum atomic E-state index is 15.3. The van der Waals surface area contributed by atoms with Gasteiger partial charge in [0.05, 0.1) is 69.1 Å². The lowest BCUT2D eigenvalue weighted by Crippen LogP contribution is -2.32. The van der Waals surface area contributed by atoms with Gasteiger partial charge in [-0.15, -0.1) is 0 Å². The molecule has 3 heterocycles. The summed E-state index contributed by atoms with van der Waals surface area (Å²) in [5.74, 6) is 1.80. The number of methoxy groups -OCH3 is 2. The Hall–Kier alpha value is -4.31. The number of nitriles is 1. The second-order valence-electron chi connectivity index (χ2n) is 10.6. The van der Waals surface area contributed by atoms with Crippen molar-refractivity contribution in [3.05, 3.63) is 106 Å². The molecule has 1 unspecified atom stereocenters. The van der Waals surface area contributed by atoms with Gasteiger partial charge in [0, 0.05) is 17.3 Å². The lowest BCUT2D eigenvalue weighted by molar-refractivity contribution is -0.118. The Balaban J connectivity index is 1.26. The maximum Gasteiger partial charge on any atom is 0.233 e. The number of imidazole rings is 1. The number of anilines is 1. The minimum Gasteiger partial charge on any atom is -0.496 e. The van der Waals surface area contributed by atoms with Crippen molar-refractivity contribution in [2.75, 3.05) is 19.1 Å². The van der Waals surface area contributed by atoms with Crippen LogP contribution in [-0.2, 0) is 29.2 Å². The minimum atomic E-state index is -0.698. The summed E-state index contributed by atoms with van der Waals surface area (Å²) in [5, 5.41) is 9.32. The van der Waals surface area contributed by atoms with E-state index in [9.17, 15) is 10.1 Å². The first kappa shape index (κ1) is 28.8. The van der Waals surface area contributed by atoms with E-state index in [1.165, 1.54) is 13.2 Å². The van der Waals surface area contributed by atoms with Crippen LogP contribution >= 0.6 is 21.3 Å². The number of hydrogen-bond donors (Lipinski definition) is 0. The Kier molecular flexibility index (Phi) is 8.12. The molecule has 6 rings (SSSR count). The molecule has 2 aromatic carbocycles. The van der Waals surface area contributed by atoms with Gasteiger partial charge in [-0.1, -0.05) is 25.1 Å². The molecule has 11 heteroatoms. The van der Waals surface area contributed by atoms with Crippen molar-refractivity contribution in [1.82, 2.24) is 12.7 Å². The number of nitrogens with zero attached hydrogens (tertiary/aromatic N) is 6. The molecule has 0 saturated heterocycles. The van der Waals surface area contributed by atoms with Gasteiger partial charge in [0.1, 0.15) is 50.5 Å². The maximum absolute atomic E-state index is 15.3. The fraction of sp³-hybridized carbons (Fsp3) is 0.281. The molecule has 0 radical (unpaired) electrons. The lowest BCUT2D eigenvalue weighted by Gasteiger charge is -2.25. The molecule has 3 aliphatic rings. The highest BCUT2D eigenvalue weighted by Gasteiger charge is 2.30. The van der Waals surface area contributed by atoms with Gasteiger partial charge >= 0.3 is 0 Å². The van der Waals surface area contributed by atoms with Crippen molar-refractivity contribution >= 4 is 38.5 Å². The molecule has 0 saturated carbocycles. The Bertz CT molecular complexity index is 1770. The zero-order valence-corrected chi connectivity index (χ0v) is 26.2. The van der Waals surface area contributed by atoms with Gasteiger partial charge in [-0.25, -0.2) is 12.5 Å². The molecule has 3 aromatic rings. The molecular formula is C32H30FIN6O3. The van der Waals surface area contributed by atoms with Crippen molar-refractivity contribution in [3.63, 3.8) is 0 Å². The molecule has 43 heavy (non-hydrogen) atoms. The van der Waals surface area contributed by atoms with Crippen LogP contribution in [0.1, 0.15) is 48.0 Å². The van der Waals surface area contributed by atoms with Crippen LogP contribution in [0, 0.1) is 23.1 Å². The highest BCUT2D eigenvalue weighted by atomic mass is 127. The predicted octanol–water partition coefficient (Wildman–Crippen LogP) is 6.57. The van der Waals surface area contributed by atoms with Gasteiger partial charge in [-0.2, -0.15) is 5.26 Å². The highest BCUT2D eigenvalue weighted by Crippen LogP contribution is 2.36. The van der Waals surface area contributed by atoms with Gasteiger partial charge in [0.2, 0.25) is 5.91 Å². The zero-order valence-electron chi connectivity index (χ0n) is 24.1. The number of carbonyl (C=O) groups excluding carboxylic acids is 1. The topological polar surface area (TPSA) is 96.0 Å². The number of carbonyl (C=O) groups is 1. The molecular weight excluding hydrogens is 662 g/mol. The van der Waals surface area contributed by atoms with E-state index < -0.39 is 21.3 Å². The average molecular weight is 693 g/mol. The first-order valence-electron chi connectivity index (χ1n) is 13.9. The molecule has 0 bridgehead atoms. The van der Waals surface area contributed by atoms with Crippen LogP contribution < -0.4 is 9.64 Å². The molecule has 9 nitrogen and oxygen atoms in total. The standard InChI is InChI=1S/C32H30FIN6O3/c1-20-7-10-24(30(11-20)43-3)27-18-38-17-25-26(33)5-4-6-28(25)39(19-31(38)37-27)32(41)13-23-15-36-34-40(23)16-21-8-9-22(14-35)29(12-21)42-2/h4-6,8-12,15,18,20H,7,13,16-17,19H2,1-3H3. The van der Waals surface area contributed by atoms with Crippen LogP contribution in [-0.4, -0.2) is 32.8 Å². The zero-order chi connectivity index (χ0) is 30.1. The first-order chi connectivity index (χ1) is 20.9. The molecule has 1 atom stereocenters. The monoisotopic (exact) mass is 692 g/mol. The Morgan fingerprint density at radius 3 is 2.86 bits per heavy atom. The van der Waals surface area contributed by atoms with E-state index in [1.807, 2.05) is 22.9 Å². The number of rotatable bonds is 7. The Morgan fingerprint density at radius 1 is 1.21 bits per heavy atom. The lowest BCUT2D eigenvalue weighted by atomic mass is 9.95. The molecule has 1 aromatic heterocycles. The number of aromatic nitrogens is 2. The van der Waals surface area contributed by atoms with Crippen LogP contribution in [0.15, 0.2) is 75.5 Å². The number of halogens is 2. The summed E-state index contributed by atoms with van der Waals surface area (Å²) in [5.41, 5.74) is 4.88. The van der Waals surface area contributed by atoms with E-state index in [0.717, 1.165) is 34.7 Å². The van der Waals surface area contributed by atoms with Crippen LogP contribution in [0.2, 0.25) is 0 Å². The van der Waals surface area contributed by atoms with Crippen molar-refractivity contribution < 1.29 is 18.7 Å². The largest absolute Gasteiger partial charge is 0.496 e. The van der Waals surface area contributed by atoms with E-state index >= 15 is 4.39 Å². The van der Waals surface area contributed by atoms with Gasteiger partial charge in [0.15, 0.2) is 0 Å². The van der Waals surface area contributed by atoms with Crippen LogP contribution in [0.5, 0.6) is 5.75 Å². The van der Waals surface area contributed by atoms with Gasteiger partial charge < -0.3 is 22.1 Å². The molecule has 1 amide bonds. The third kappa shape index (κ3) is 5.71. The van der Waals surface area contributed by atoms with Crippen LogP contribution in [0.25, 0.3) is 5.57 Å². The molecule has 0 N–H and O–H groups in total. The molecule has 0 spiro atoms.